The van der Waals surface area contributed by atoms with E-state index in [0.29, 0.717) is 13.1 Å². The highest BCUT2D eigenvalue weighted by Gasteiger charge is 2.23. The highest BCUT2D eigenvalue weighted by atomic mass is 35.5. The summed E-state index contributed by atoms with van der Waals surface area (Å²) in [6, 6.07) is 3.69. The Balaban J connectivity index is 1.81. The molecule has 1 atom stereocenters. The van der Waals surface area contributed by atoms with Crippen molar-refractivity contribution in [3.63, 3.8) is 0 Å². The number of nitrogens with one attached hydrogen (secondary N) is 2. The lowest BCUT2D eigenvalue weighted by Crippen LogP contribution is -2.51. The van der Waals surface area contributed by atoms with Gasteiger partial charge in [-0.1, -0.05) is 11.6 Å². The molecule has 1 aromatic rings. The molecule has 1 aliphatic heterocycles. The SMILES string of the molecule is CC(=O)N[C@H]1CCCN(C(=O)NCc2ccc(Cl)s2)C1. The minimum Gasteiger partial charge on any atom is -0.352 e. The summed E-state index contributed by atoms with van der Waals surface area (Å²) in [7, 11) is 0. The zero-order valence-electron chi connectivity index (χ0n) is 11.3. The first-order valence-electron chi connectivity index (χ1n) is 6.58. The van der Waals surface area contributed by atoms with Gasteiger partial charge in [-0.15, -0.1) is 11.3 Å². The molecule has 1 saturated heterocycles. The standard InChI is InChI=1S/C13H18ClN3O2S/c1-9(18)16-10-3-2-6-17(8-10)13(19)15-7-11-4-5-12(14)20-11/h4-5,10H,2-3,6-8H2,1H3,(H,15,19)(H,16,18)/t10-/m0/s1. The number of nitrogens with zero attached hydrogens (tertiary/aromatic N) is 1. The molecule has 110 valence electrons. The molecular formula is C13H18ClN3O2S. The van der Waals surface area contributed by atoms with Crippen molar-refractivity contribution in [3.05, 3.63) is 21.3 Å². The van der Waals surface area contributed by atoms with E-state index in [9.17, 15) is 9.59 Å². The first-order chi connectivity index (χ1) is 9.54. The van der Waals surface area contributed by atoms with Crippen LogP contribution in [0.3, 0.4) is 0 Å². The Morgan fingerprint density at radius 2 is 2.30 bits per heavy atom. The summed E-state index contributed by atoms with van der Waals surface area (Å²) in [6.07, 6.45) is 1.83. The number of amides is 3. The van der Waals surface area contributed by atoms with Gasteiger partial charge in [0, 0.05) is 30.9 Å². The topological polar surface area (TPSA) is 61.4 Å². The monoisotopic (exact) mass is 315 g/mol. The Hall–Kier alpha value is -1.27. The van der Waals surface area contributed by atoms with Crippen LogP contribution >= 0.6 is 22.9 Å². The van der Waals surface area contributed by atoms with Gasteiger partial charge in [-0.25, -0.2) is 4.79 Å². The van der Waals surface area contributed by atoms with Crippen molar-refractivity contribution >= 4 is 34.9 Å². The normalized spacial score (nSPS) is 18.7. The van der Waals surface area contributed by atoms with Gasteiger partial charge in [0.2, 0.25) is 5.91 Å². The fraction of sp³-hybridized carbons (Fsp3) is 0.538. The largest absolute Gasteiger partial charge is 0.352 e. The molecule has 0 saturated carbocycles. The van der Waals surface area contributed by atoms with Crippen LogP contribution in [0.5, 0.6) is 0 Å². The van der Waals surface area contributed by atoms with Crippen molar-refractivity contribution in [2.45, 2.75) is 32.4 Å². The van der Waals surface area contributed by atoms with Crippen LogP contribution in [0.25, 0.3) is 0 Å². The van der Waals surface area contributed by atoms with Crippen molar-refractivity contribution in [1.82, 2.24) is 15.5 Å². The second-order valence-electron chi connectivity index (χ2n) is 4.85. The molecule has 1 aromatic heterocycles. The Bertz CT molecular complexity index is 492. The van der Waals surface area contributed by atoms with Gasteiger partial charge in [0.1, 0.15) is 0 Å². The van der Waals surface area contributed by atoms with E-state index in [-0.39, 0.29) is 18.0 Å². The number of carbonyl (C=O) groups is 2. The molecular weight excluding hydrogens is 298 g/mol. The Morgan fingerprint density at radius 3 is 2.95 bits per heavy atom. The van der Waals surface area contributed by atoms with E-state index in [2.05, 4.69) is 10.6 Å². The number of rotatable bonds is 3. The number of urea groups is 1. The van der Waals surface area contributed by atoms with Gasteiger partial charge in [-0.05, 0) is 25.0 Å². The summed E-state index contributed by atoms with van der Waals surface area (Å²) in [5.41, 5.74) is 0. The average molecular weight is 316 g/mol. The molecule has 1 aliphatic rings. The lowest BCUT2D eigenvalue weighted by atomic mass is 10.1. The van der Waals surface area contributed by atoms with E-state index in [1.54, 1.807) is 4.90 Å². The molecule has 3 amide bonds. The maximum atomic E-state index is 12.1. The molecule has 7 heteroatoms. The molecule has 0 spiro atoms. The van der Waals surface area contributed by atoms with E-state index in [0.717, 1.165) is 28.6 Å². The number of halogens is 1. The highest BCUT2D eigenvalue weighted by molar-refractivity contribution is 7.16. The third-order valence-corrected chi connectivity index (χ3v) is 4.39. The summed E-state index contributed by atoms with van der Waals surface area (Å²) >= 11 is 7.31. The highest BCUT2D eigenvalue weighted by Crippen LogP contribution is 2.21. The van der Waals surface area contributed by atoms with Crippen LogP contribution in [0.4, 0.5) is 4.79 Å². The van der Waals surface area contributed by atoms with Gasteiger partial charge in [0.25, 0.3) is 0 Å². The van der Waals surface area contributed by atoms with Crippen LogP contribution in [0.1, 0.15) is 24.6 Å². The van der Waals surface area contributed by atoms with Crippen molar-refractivity contribution < 1.29 is 9.59 Å². The number of carbonyl (C=O) groups excluding carboxylic acids is 2. The van der Waals surface area contributed by atoms with Crippen molar-refractivity contribution in [2.75, 3.05) is 13.1 Å². The Kier molecular flexibility index (Phi) is 5.25. The zero-order chi connectivity index (χ0) is 14.5. The fourth-order valence-electron chi connectivity index (χ4n) is 2.29. The van der Waals surface area contributed by atoms with Crippen molar-refractivity contribution in [2.24, 2.45) is 0 Å². The lowest BCUT2D eigenvalue weighted by molar-refractivity contribution is -0.119. The number of thiophene rings is 1. The van der Waals surface area contributed by atoms with Gasteiger partial charge < -0.3 is 15.5 Å². The number of piperidine rings is 1. The van der Waals surface area contributed by atoms with Gasteiger partial charge in [-0.3, -0.25) is 4.79 Å². The van der Waals surface area contributed by atoms with Crippen molar-refractivity contribution in [3.8, 4) is 0 Å². The van der Waals surface area contributed by atoms with Crippen LogP contribution in [0.2, 0.25) is 4.34 Å². The quantitative estimate of drug-likeness (QED) is 0.898. The molecule has 0 aliphatic carbocycles. The van der Waals surface area contributed by atoms with E-state index >= 15 is 0 Å². The van der Waals surface area contributed by atoms with Crippen molar-refractivity contribution in [1.29, 1.82) is 0 Å². The third kappa shape index (κ3) is 4.38. The molecule has 2 heterocycles. The van der Waals surface area contributed by atoms with Crippen LogP contribution in [0.15, 0.2) is 12.1 Å². The van der Waals surface area contributed by atoms with E-state index in [1.807, 2.05) is 12.1 Å². The molecule has 0 bridgehead atoms. The van der Waals surface area contributed by atoms with E-state index < -0.39 is 0 Å². The average Bonchev–Trinajstić information content (AvgIpc) is 2.81. The minimum atomic E-state index is -0.0930. The summed E-state index contributed by atoms with van der Waals surface area (Å²) in [4.78, 5) is 25.9. The second-order valence-corrected chi connectivity index (χ2v) is 6.65. The van der Waals surface area contributed by atoms with Crippen LogP contribution in [-0.4, -0.2) is 36.0 Å². The molecule has 0 radical (unpaired) electrons. The van der Waals surface area contributed by atoms with Gasteiger partial charge in [0.15, 0.2) is 0 Å². The zero-order valence-corrected chi connectivity index (χ0v) is 12.9. The predicted molar refractivity (Wildman–Crippen MR) is 80.0 cm³/mol. The number of hydrogen-bond acceptors (Lipinski definition) is 3. The van der Waals surface area contributed by atoms with Crippen LogP contribution < -0.4 is 10.6 Å². The van der Waals surface area contributed by atoms with E-state index in [4.69, 9.17) is 11.6 Å². The smallest absolute Gasteiger partial charge is 0.317 e. The first-order valence-corrected chi connectivity index (χ1v) is 7.78. The van der Waals surface area contributed by atoms with Crippen LogP contribution in [-0.2, 0) is 11.3 Å². The molecule has 0 aromatic carbocycles. The number of likely N-dealkylation sites (tertiary alicyclic amines) is 1. The maximum Gasteiger partial charge on any atom is 0.317 e. The van der Waals surface area contributed by atoms with E-state index in [1.165, 1.54) is 18.3 Å². The summed E-state index contributed by atoms with van der Waals surface area (Å²) in [5, 5.41) is 5.75. The van der Waals surface area contributed by atoms with Gasteiger partial charge in [0.05, 0.1) is 10.9 Å². The predicted octanol–water partition coefficient (Wildman–Crippen LogP) is 2.21. The summed E-state index contributed by atoms with van der Waals surface area (Å²) in [6.45, 7) is 3.28. The lowest BCUT2D eigenvalue weighted by Gasteiger charge is -2.32. The number of hydrogen-bond donors (Lipinski definition) is 2. The molecule has 5 nitrogen and oxygen atoms in total. The van der Waals surface area contributed by atoms with Gasteiger partial charge in [-0.2, -0.15) is 0 Å². The maximum absolute atomic E-state index is 12.1. The second kappa shape index (κ2) is 6.95. The van der Waals surface area contributed by atoms with Crippen LogP contribution in [0, 0.1) is 0 Å². The minimum absolute atomic E-state index is 0.0505. The molecule has 2 rings (SSSR count). The summed E-state index contributed by atoms with van der Waals surface area (Å²) < 4.78 is 0.720. The molecule has 20 heavy (non-hydrogen) atoms. The Morgan fingerprint density at radius 1 is 1.50 bits per heavy atom. The third-order valence-electron chi connectivity index (χ3n) is 3.16. The molecule has 1 fully saturated rings. The first kappa shape index (κ1) is 15.1. The molecule has 2 N–H and O–H groups in total. The molecule has 0 unspecified atom stereocenters. The summed E-state index contributed by atoms with van der Waals surface area (Å²) in [5.74, 6) is -0.0505. The Labute approximate surface area is 127 Å². The fourth-order valence-corrected chi connectivity index (χ4v) is 3.32. The van der Waals surface area contributed by atoms with Gasteiger partial charge >= 0.3 is 6.03 Å².